The predicted octanol–water partition coefficient (Wildman–Crippen LogP) is 3.34. The van der Waals surface area contributed by atoms with E-state index in [4.69, 9.17) is 4.74 Å². The highest BCUT2D eigenvalue weighted by molar-refractivity contribution is 5.91. The van der Waals surface area contributed by atoms with E-state index in [1.54, 1.807) is 12.1 Å². The Bertz CT molecular complexity index is 675. The highest BCUT2D eigenvalue weighted by Crippen LogP contribution is 2.12. The van der Waals surface area contributed by atoms with Gasteiger partial charge in [-0.3, -0.25) is 4.79 Å². The van der Waals surface area contributed by atoms with Crippen molar-refractivity contribution in [3.63, 3.8) is 0 Å². The minimum absolute atomic E-state index is 0.136. The maximum absolute atomic E-state index is 12.0. The molecule has 120 valence electrons. The monoisotopic (exact) mass is 311 g/mol. The number of rotatable bonds is 5. The maximum atomic E-state index is 12.0. The summed E-state index contributed by atoms with van der Waals surface area (Å²) < 4.78 is 5.09. The van der Waals surface area contributed by atoms with Crippen LogP contribution in [0.4, 0.5) is 0 Å². The second kappa shape index (κ2) is 7.58. The number of esters is 1. The Morgan fingerprint density at radius 1 is 1.04 bits per heavy atom. The van der Waals surface area contributed by atoms with Gasteiger partial charge in [-0.1, -0.05) is 47.5 Å². The van der Waals surface area contributed by atoms with Crippen molar-refractivity contribution in [3.8, 4) is 0 Å². The molecule has 1 amide bonds. The first-order valence-corrected chi connectivity index (χ1v) is 7.55. The quantitative estimate of drug-likeness (QED) is 0.862. The summed E-state index contributed by atoms with van der Waals surface area (Å²) >= 11 is 0. The Morgan fingerprint density at radius 3 is 2.26 bits per heavy atom. The van der Waals surface area contributed by atoms with Gasteiger partial charge in [-0.2, -0.15) is 0 Å². The molecular formula is C19H21NO3. The zero-order chi connectivity index (χ0) is 16.8. The number of benzene rings is 2. The fourth-order valence-electron chi connectivity index (χ4n) is 2.42. The Labute approximate surface area is 136 Å². The molecule has 0 bridgehead atoms. The molecular weight excluding hydrogens is 290 g/mol. The molecule has 0 radical (unpaired) electrons. The molecule has 2 aromatic carbocycles. The third-order valence-corrected chi connectivity index (χ3v) is 3.47. The molecule has 0 saturated carbocycles. The summed E-state index contributed by atoms with van der Waals surface area (Å²) in [5, 5.41) is 2.81. The van der Waals surface area contributed by atoms with Gasteiger partial charge in [0.25, 0.3) is 5.91 Å². The lowest BCUT2D eigenvalue weighted by Crippen LogP contribution is -2.31. The number of nitrogens with one attached hydrogen (secondary N) is 1. The molecule has 1 N–H and O–H groups in total. The Balaban J connectivity index is 1.87. The molecule has 0 aromatic heterocycles. The molecule has 0 aliphatic carbocycles. The molecule has 23 heavy (non-hydrogen) atoms. The molecule has 4 nitrogen and oxygen atoms in total. The summed E-state index contributed by atoms with van der Waals surface area (Å²) in [6, 6.07) is 15.0. The summed E-state index contributed by atoms with van der Waals surface area (Å²) in [5.41, 5.74) is 3.44. The van der Waals surface area contributed by atoms with Crippen LogP contribution in [0.2, 0.25) is 0 Å². The van der Waals surface area contributed by atoms with Crippen molar-refractivity contribution in [3.05, 3.63) is 70.8 Å². The van der Waals surface area contributed by atoms with Crippen LogP contribution in [-0.4, -0.2) is 18.5 Å². The first kappa shape index (κ1) is 16.7. The number of hydrogen-bond donors (Lipinski definition) is 1. The summed E-state index contributed by atoms with van der Waals surface area (Å²) in [6.07, 6.45) is 0. The minimum atomic E-state index is -0.487. The second-order valence-corrected chi connectivity index (χ2v) is 5.65. The van der Waals surface area contributed by atoms with E-state index in [0.29, 0.717) is 5.56 Å². The molecule has 1 unspecified atom stereocenters. The number of hydrogen-bond acceptors (Lipinski definition) is 3. The van der Waals surface area contributed by atoms with Crippen LogP contribution in [-0.2, 0) is 9.53 Å². The Morgan fingerprint density at radius 2 is 1.65 bits per heavy atom. The van der Waals surface area contributed by atoms with E-state index in [0.717, 1.165) is 16.7 Å². The smallest absolute Gasteiger partial charge is 0.338 e. The van der Waals surface area contributed by atoms with Crippen molar-refractivity contribution in [2.45, 2.75) is 26.8 Å². The summed E-state index contributed by atoms with van der Waals surface area (Å²) in [4.78, 5) is 23.9. The molecule has 2 rings (SSSR count). The molecule has 1 atom stereocenters. The zero-order valence-corrected chi connectivity index (χ0v) is 13.6. The van der Waals surface area contributed by atoms with Crippen LogP contribution >= 0.6 is 0 Å². The van der Waals surface area contributed by atoms with Crippen LogP contribution in [0.15, 0.2) is 48.5 Å². The van der Waals surface area contributed by atoms with E-state index in [-0.39, 0.29) is 18.6 Å². The lowest BCUT2D eigenvalue weighted by molar-refractivity contribution is -0.124. The van der Waals surface area contributed by atoms with Crippen molar-refractivity contribution in [1.82, 2.24) is 5.32 Å². The van der Waals surface area contributed by atoms with Gasteiger partial charge in [-0.05, 0) is 38.5 Å². The Hall–Kier alpha value is -2.62. The number of amides is 1. The van der Waals surface area contributed by atoms with E-state index in [1.807, 2.05) is 57.2 Å². The van der Waals surface area contributed by atoms with Gasteiger partial charge in [0.15, 0.2) is 6.61 Å². The lowest BCUT2D eigenvalue weighted by Gasteiger charge is -2.14. The second-order valence-electron chi connectivity index (χ2n) is 5.65. The fraction of sp³-hybridized carbons (Fsp3) is 0.263. The highest BCUT2D eigenvalue weighted by atomic mass is 16.5. The number of carbonyl (C=O) groups is 2. The maximum Gasteiger partial charge on any atom is 0.338 e. The van der Waals surface area contributed by atoms with E-state index < -0.39 is 5.97 Å². The largest absolute Gasteiger partial charge is 0.452 e. The van der Waals surface area contributed by atoms with Crippen molar-refractivity contribution in [2.24, 2.45) is 0 Å². The van der Waals surface area contributed by atoms with Crippen LogP contribution in [0.3, 0.4) is 0 Å². The van der Waals surface area contributed by atoms with Gasteiger partial charge in [0.05, 0.1) is 11.6 Å². The molecule has 2 aromatic rings. The summed E-state index contributed by atoms with van der Waals surface area (Å²) in [7, 11) is 0. The first-order valence-electron chi connectivity index (χ1n) is 7.55. The average molecular weight is 311 g/mol. The summed E-state index contributed by atoms with van der Waals surface area (Å²) in [6.45, 7) is 5.43. The normalized spacial score (nSPS) is 11.6. The van der Waals surface area contributed by atoms with Gasteiger partial charge in [0.2, 0.25) is 0 Å². The Kier molecular flexibility index (Phi) is 5.52. The molecule has 0 aliphatic heterocycles. The molecule has 0 heterocycles. The first-order chi connectivity index (χ1) is 11.0. The van der Waals surface area contributed by atoms with Gasteiger partial charge < -0.3 is 10.1 Å². The van der Waals surface area contributed by atoms with Gasteiger partial charge in [-0.15, -0.1) is 0 Å². The van der Waals surface area contributed by atoms with Crippen LogP contribution in [0.25, 0.3) is 0 Å². The molecule has 0 fully saturated rings. The van der Waals surface area contributed by atoms with E-state index >= 15 is 0 Å². The van der Waals surface area contributed by atoms with E-state index in [9.17, 15) is 9.59 Å². The fourth-order valence-corrected chi connectivity index (χ4v) is 2.42. The predicted molar refractivity (Wildman–Crippen MR) is 89.2 cm³/mol. The third kappa shape index (κ3) is 4.95. The molecule has 0 spiro atoms. The van der Waals surface area contributed by atoms with E-state index in [1.165, 1.54) is 0 Å². The van der Waals surface area contributed by atoms with Crippen molar-refractivity contribution in [2.75, 3.05) is 6.61 Å². The average Bonchev–Trinajstić information content (AvgIpc) is 2.52. The van der Waals surface area contributed by atoms with Gasteiger partial charge in [0, 0.05) is 0 Å². The van der Waals surface area contributed by atoms with Crippen LogP contribution in [0.5, 0.6) is 0 Å². The van der Waals surface area contributed by atoms with Crippen molar-refractivity contribution >= 4 is 11.9 Å². The number of aryl methyl sites for hydroxylation is 2. The zero-order valence-electron chi connectivity index (χ0n) is 13.6. The van der Waals surface area contributed by atoms with Crippen LogP contribution < -0.4 is 5.32 Å². The van der Waals surface area contributed by atoms with Gasteiger partial charge in [-0.25, -0.2) is 4.79 Å². The summed E-state index contributed by atoms with van der Waals surface area (Å²) in [5.74, 6) is -0.807. The van der Waals surface area contributed by atoms with Gasteiger partial charge >= 0.3 is 5.97 Å². The minimum Gasteiger partial charge on any atom is -0.452 e. The molecule has 4 heteroatoms. The number of ether oxygens (including phenoxy) is 1. The molecule has 0 saturated heterocycles. The van der Waals surface area contributed by atoms with E-state index in [2.05, 4.69) is 5.32 Å². The highest BCUT2D eigenvalue weighted by Gasteiger charge is 2.13. The SMILES string of the molecule is Cc1cc(C)cc(C(=O)OCC(=O)NC(C)c2ccccc2)c1. The third-order valence-electron chi connectivity index (χ3n) is 3.47. The molecule has 0 aliphatic rings. The van der Waals surface area contributed by atoms with Gasteiger partial charge in [0.1, 0.15) is 0 Å². The topological polar surface area (TPSA) is 55.4 Å². The van der Waals surface area contributed by atoms with Crippen molar-refractivity contribution in [1.29, 1.82) is 0 Å². The van der Waals surface area contributed by atoms with Crippen molar-refractivity contribution < 1.29 is 14.3 Å². The van der Waals surface area contributed by atoms with Crippen LogP contribution in [0, 0.1) is 13.8 Å². The van der Waals surface area contributed by atoms with Crippen LogP contribution in [0.1, 0.15) is 40.0 Å². The standard InChI is InChI=1S/C19H21NO3/c1-13-9-14(2)11-17(10-13)19(22)23-12-18(21)20-15(3)16-7-5-4-6-8-16/h4-11,15H,12H2,1-3H3,(H,20,21). The number of carbonyl (C=O) groups excluding carboxylic acids is 2. The lowest BCUT2D eigenvalue weighted by atomic mass is 10.1.